The van der Waals surface area contributed by atoms with Crippen LogP contribution in [0.25, 0.3) is 78.4 Å². The molecule has 2 nitrogen and oxygen atoms in total. The van der Waals surface area contributed by atoms with Gasteiger partial charge in [0.1, 0.15) is 0 Å². The van der Waals surface area contributed by atoms with E-state index in [0.29, 0.717) is 0 Å². The van der Waals surface area contributed by atoms with Gasteiger partial charge in [0.15, 0.2) is 0 Å². The Kier molecular flexibility index (Phi) is 6.91. The Hall–Kier alpha value is -6.38. The molecule has 0 atom stereocenters. The summed E-state index contributed by atoms with van der Waals surface area (Å²) in [5.41, 5.74) is 27.1. The summed E-state index contributed by atoms with van der Waals surface area (Å²) in [6.45, 7) is 18.7. The minimum Gasteiger partial charge on any atom is -0.246 e. The summed E-state index contributed by atoms with van der Waals surface area (Å²) >= 11 is 0. The van der Waals surface area contributed by atoms with Crippen LogP contribution >= 0.6 is 0 Å². The van der Waals surface area contributed by atoms with E-state index in [1.165, 1.54) is 100 Å². The minimum absolute atomic E-state index is 0.0458. The third kappa shape index (κ3) is 4.60. The zero-order valence-corrected chi connectivity index (χ0v) is 35.8. The molecule has 0 amide bonds. The van der Waals surface area contributed by atoms with Gasteiger partial charge in [-0.1, -0.05) is 165 Å². The highest BCUT2D eigenvalue weighted by atomic mass is 14.8. The molecule has 0 N–H and O–H groups in total. The van der Waals surface area contributed by atoms with Gasteiger partial charge in [-0.2, -0.15) is 0 Å². The second kappa shape index (κ2) is 11.7. The predicted molar refractivity (Wildman–Crippen MR) is 249 cm³/mol. The van der Waals surface area contributed by atoms with Gasteiger partial charge >= 0.3 is 0 Å². The van der Waals surface area contributed by atoms with Gasteiger partial charge in [0, 0.05) is 32.8 Å². The molecule has 0 bridgehead atoms. The molecule has 6 aromatic carbocycles. The molecule has 60 heavy (non-hydrogen) atoms. The quantitative estimate of drug-likeness (QED) is 0.179. The molecule has 0 aliphatic heterocycles. The summed E-state index contributed by atoms with van der Waals surface area (Å²) in [5.74, 6) is 0. The number of hydrogen-bond acceptors (Lipinski definition) is 2. The van der Waals surface area contributed by atoms with Crippen molar-refractivity contribution in [2.45, 2.75) is 77.0 Å². The summed E-state index contributed by atoms with van der Waals surface area (Å²) in [5, 5.41) is 0. The first-order valence-corrected chi connectivity index (χ1v) is 21.6. The van der Waals surface area contributed by atoms with Crippen molar-refractivity contribution in [3.05, 3.63) is 190 Å². The van der Waals surface area contributed by atoms with Gasteiger partial charge in [-0.05, 0) is 125 Å². The van der Waals surface area contributed by atoms with Crippen LogP contribution in [-0.4, -0.2) is 9.97 Å². The fourth-order valence-corrected chi connectivity index (χ4v) is 11.6. The molecule has 0 unspecified atom stereocenters. The Bertz CT molecular complexity index is 2990. The van der Waals surface area contributed by atoms with Crippen molar-refractivity contribution in [1.82, 2.24) is 9.97 Å². The average Bonchev–Trinajstić information content (AvgIpc) is 3.82. The zero-order chi connectivity index (χ0) is 41.1. The molecule has 290 valence electrons. The Morgan fingerprint density at radius 2 is 0.583 bits per heavy atom. The number of nitrogens with zero attached hydrogens (tertiary/aromatic N) is 2. The molecular weight excluding hydrogens is 725 g/mol. The first kappa shape index (κ1) is 35.6. The Balaban J connectivity index is 0.927. The molecule has 0 radical (unpaired) electrons. The number of fused-ring (bicyclic) bond motifs is 12. The highest BCUT2D eigenvalue weighted by molar-refractivity contribution is 5.89. The molecule has 0 spiro atoms. The predicted octanol–water partition coefficient (Wildman–Crippen LogP) is 14.7. The van der Waals surface area contributed by atoms with Gasteiger partial charge in [0.05, 0.1) is 22.8 Å². The van der Waals surface area contributed by atoms with Gasteiger partial charge in [-0.15, -0.1) is 0 Å². The monoisotopic (exact) mass is 772 g/mol. The number of rotatable bonds is 3. The average molecular weight is 773 g/mol. The van der Waals surface area contributed by atoms with Gasteiger partial charge in [-0.25, -0.2) is 9.97 Å². The van der Waals surface area contributed by atoms with Crippen molar-refractivity contribution in [3.63, 3.8) is 0 Å². The Morgan fingerprint density at radius 3 is 1.02 bits per heavy atom. The van der Waals surface area contributed by atoms with E-state index in [2.05, 4.69) is 201 Å². The largest absolute Gasteiger partial charge is 0.246 e. The third-order valence-electron chi connectivity index (χ3n) is 15.1. The first-order valence-electron chi connectivity index (χ1n) is 21.6. The SMILES string of the molecule is CC1(C)c2ccccc2-c2ccc(-c3ccc4c(c3)-c3nc(-c5ccc6c(n5)-c5cc(-c7ccc8c(c7)C(C)(C)c7ccccc7-8)ccc5C6(C)C)ccc3C4(C)C)cc21. The number of hydrogen-bond donors (Lipinski definition) is 0. The summed E-state index contributed by atoms with van der Waals surface area (Å²) < 4.78 is 0. The van der Waals surface area contributed by atoms with Crippen LogP contribution in [0.5, 0.6) is 0 Å². The molecule has 4 aliphatic rings. The van der Waals surface area contributed by atoms with E-state index in [4.69, 9.17) is 9.97 Å². The minimum atomic E-state index is -0.156. The lowest BCUT2D eigenvalue weighted by Gasteiger charge is -2.22. The lowest BCUT2D eigenvalue weighted by molar-refractivity contribution is 0.658. The molecule has 0 saturated carbocycles. The number of aromatic nitrogens is 2. The van der Waals surface area contributed by atoms with Crippen LogP contribution in [-0.2, 0) is 21.7 Å². The summed E-state index contributed by atoms with van der Waals surface area (Å²) in [6.07, 6.45) is 0. The molecule has 8 aromatic rings. The second-order valence-electron chi connectivity index (χ2n) is 19.8. The third-order valence-corrected chi connectivity index (χ3v) is 15.1. The summed E-state index contributed by atoms with van der Waals surface area (Å²) in [7, 11) is 0. The van der Waals surface area contributed by atoms with Gasteiger partial charge in [-0.3, -0.25) is 0 Å². The van der Waals surface area contributed by atoms with Crippen molar-refractivity contribution >= 4 is 0 Å². The van der Waals surface area contributed by atoms with E-state index in [0.717, 1.165) is 22.8 Å². The van der Waals surface area contributed by atoms with Crippen LogP contribution in [0.2, 0.25) is 0 Å². The molecule has 2 heteroatoms. The highest BCUT2D eigenvalue weighted by Crippen LogP contribution is 2.54. The topological polar surface area (TPSA) is 25.8 Å². The van der Waals surface area contributed by atoms with Crippen molar-refractivity contribution < 1.29 is 0 Å². The maximum atomic E-state index is 5.49. The van der Waals surface area contributed by atoms with E-state index in [-0.39, 0.29) is 21.7 Å². The van der Waals surface area contributed by atoms with E-state index in [1.54, 1.807) is 0 Å². The standard InChI is InChI=1S/C58H48N2/c1-55(2)45-23-19-33(35-17-21-39-37-13-9-11-15-43(37)57(5,6)49(39)31-35)29-41(45)53-47(55)25-27-51(59-53)52-28-26-48-54(60-52)42-30-34(20-24-46(42)56(48,3)4)36-18-22-40-38-14-10-12-16-44(38)58(7,8)50(40)32-36/h9-32H,1-8H3. The van der Waals surface area contributed by atoms with E-state index in [9.17, 15) is 0 Å². The zero-order valence-electron chi connectivity index (χ0n) is 35.8. The molecule has 2 aromatic heterocycles. The van der Waals surface area contributed by atoms with Crippen LogP contribution in [0.3, 0.4) is 0 Å². The maximum Gasteiger partial charge on any atom is 0.0894 e. The van der Waals surface area contributed by atoms with Gasteiger partial charge in [0.2, 0.25) is 0 Å². The van der Waals surface area contributed by atoms with E-state index < -0.39 is 0 Å². The van der Waals surface area contributed by atoms with Crippen LogP contribution in [0.1, 0.15) is 99.9 Å². The highest BCUT2D eigenvalue weighted by Gasteiger charge is 2.40. The van der Waals surface area contributed by atoms with Crippen LogP contribution < -0.4 is 0 Å². The normalized spacial score (nSPS) is 16.9. The second-order valence-corrected chi connectivity index (χ2v) is 19.8. The number of pyridine rings is 2. The molecule has 2 heterocycles. The van der Waals surface area contributed by atoms with Crippen LogP contribution in [0, 0.1) is 0 Å². The maximum absolute atomic E-state index is 5.49. The summed E-state index contributed by atoms with van der Waals surface area (Å²) in [6, 6.07) is 54.9. The van der Waals surface area contributed by atoms with Crippen LogP contribution in [0.15, 0.2) is 146 Å². The molecule has 4 aliphatic carbocycles. The van der Waals surface area contributed by atoms with Crippen molar-refractivity contribution in [2.24, 2.45) is 0 Å². The van der Waals surface area contributed by atoms with Crippen molar-refractivity contribution in [3.8, 4) is 78.4 Å². The smallest absolute Gasteiger partial charge is 0.0894 e. The molecule has 0 fully saturated rings. The Morgan fingerprint density at radius 1 is 0.267 bits per heavy atom. The van der Waals surface area contributed by atoms with Crippen molar-refractivity contribution in [2.75, 3.05) is 0 Å². The van der Waals surface area contributed by atoms with Crippen molar-refractivity contribution in [1.29, 1.82) is 0 Å². The van der Waals surface area contributed by atoms with Crippen LogP contribution in [0.4, 0.5) is 0 Å². The van der Waals surface area contributed by atoms with Gasteiger partial charge < -0.3 is 0 Å². The number of benzene rings is 6. The molecular formula is C58H48N2. The van der Waals surface area contributed by atoms with E-state index >= 15 is 0 Å². The Labute approximate surface area is 354 Å². The fraction of sp³-hybridized carbons (Fsp3) is 0.207. The lowest BCUT2D eigenvalue weighted by Crippen LogP contribution is -2.15. The molecule has 12 rings (SSSR count). The fourth-order valence-electron chi connectivity index (χ4n) is 11.6. The lowest BCUT2D eigenvalue weighted by atomic mass is 9.81. The first-order chi connectivity index (χ1) is 28.7. The molecule has 0 saturated heterocycles. The summed E-state index contributed by atoms with van der Waals surface area (Å²) in [4.78, 5) is 11.0. The van der Waals surface area contributed by atoms with Gasteiger partial charge in [0.25, 0.3) is 0 Å². The van der Waals surface area contributed by atoms with E-state index in [1.807, 2.05) is 0 Å².